The average Bonchev–Trinajstić information content (AvgIpc) is 4.08. The van der Waals surface area contributed by atoms with E-state index in [0.717, 1.165) is 55.7 Å². The molecule has 0 fully saturated rings. The van der Waals surface area contributed by atoms with E-state index in [9.17, 15) is 0 Å². The molecule has 1 unspecified atom stereocenters. The molecule has 70 heavy (non-hydrogen) atoms. The van der Waals surface area contributed by atoms with E-state index in [4.69, 9.17) is 4.42 Å². The summed E-state index contributed by atoms with van der Waals surface area (Å²) in [5.74, 6) is 0. The van der Waals surface area contributed by atoms with Crippen molar-refractivity contribution in [3.63, 3.8) is 0 Å². The van der Waals surface area contributed by atoms with Gasteiger partial charge in [-0.05, 0) is 110 Å². The van der Waals surface area contributed by atoms with Crippen LogP contribution >= 0.6 is 0 Å². The van der Waals surface area contributed by atoms with Gasteiger partial charge in [0, 0.05) is 38.4 Å². The van der Waals surface area contributed by atoms with Gasteiger partial charge in [-0.1, -0.05) is 200 Å². The first-order valence-corrected chi connectivity index (χ1v) is 24.2. The predicted octanol–water partition coefficient (Wildman–Crippen LogP) is 17.8. The number of rotatable bonds is 6. The van der Waals surface area contributed by atoms with Crippen LogP contribution in [-0.2, 0) is 5.41 Å². The van der Waals surface area contributed by atoms with E-state index in [1.165, 1.54) is 77.6 Å². The molecule has 3 heteroatoms. The van der Waals surface area contributed by atoms with Crippen LogP contribution in [0.3, 0.4) is 0 Å². The van der Waals surface area contributed by atoms with Crippen molar-refractivity contribution in [3.05, 3.63) is 277 Å². The van der Waals surface area contributed by atoms with E-state index in [-0.39, 0.29) is 0 Å². The maximum absolute atomic E-state index is 6.37. The summed E-state index contributed by atoms with van der Waals surface area (Å²) in [5, 5.41) is 4.81. The van der Waals surface area contributed by atoms with Gasteiger partial charge in [0.15, 0.2) is 0 Å². The number of hydrogen-bond acceptors (Lipinski definition) is 2. The molecule has 11 aromatic carbocycles. The van der Waals surface area contributed by atoms with Gasteiger partial charge in [0.05, 0.1) is 33.5 Å². The van der Waals surface area contributed by atoms with Gasteiger partial charge in [0.25, 0.3) is 0 Å². The van der Waals surface area contributed by atoms with Crippen LogP contribution in [0.15, 0.2) is 259 Å². The molecule has 0 N–H and O–H groups in total. The molecule has 3 nitrogen and oxygen atoms in total. The number of anilines is 3. The summed E-state index contributed by atoms with van der Waals surface area (Å²) in [4.78, 5) is 2.52. The molecule has 326 valence electrons. The van der Waals surface area contributed by atoms with Crippen molar-refractivity contribution >= 4 is 60.8 Å². The van der Waals surface area contributed by atoms with E-state index >= 15 is 0 Å². The van der Waals surface area contributed by atoms with E-state index in [2.05, 4.69) is 252 Å². The summed E-state index contributed by atoms with van der Waals surface area (Å²) in [6, 6.07) is 93.7. The Balaban J connectivity index is 0.995. The van der Waals surface area contributed by atoms with Crippen LogP contribution in [-0.4, -0.2) is 4.57 Å². The molecule has 1 spiro atoms. The average molecular weight is 891 g/mol. The molecule has 3 heterocycles. The normalized spacial score (nSPS) is 14.3. The molecule has 1 aliphatic heterocycles. The van der Waals surface area contributed by atoms with Crippen molar-refractivity contribution in [2.75, 3.05) is 4.90 Å². The Labute approximate surface area is 405 Å². The van der Waals surface area contributed by atoms with Crippen molar-refractivity contribution < 1.29 is 4.42 Å². The summed E-state index contributed by atoms with van der Waals surface area (Å²) in [5.41, 5.74) is 22.8. The summed E-state index contributed by atoms with van der Waals surface area (Å²) in [6.07, 6.45) is 0. The highest BCUT2D eigenvalue weighted by Crippen LogP contribution is 2.63. The lowest BCUT2D eigenvalue weighted by Gasteiger charge is -2.39. The maximum atomic E-state index is 6.37. The molecule has 0 amide bonds. The van der Waals surface area contributed by atoms with Crippen LogP contribution in [0.4, 0.5) is 17.1 Å². The molecule has 0 saturated carbocycles. The van der Waals surface area contributed by atoms with Crippen molar-refractivity contribution in [1.29, 1.82) is 0 Å². The maximum Gasteiger partial charge on any atom is 0.136 e. The summed E-state index contributed by atoms with van der Waals surface area (Å²) < 4.78 is 8.89. The highest BCUT2D eigenvalue weighted by molar-refractivity contribution is 6.13. The molecule has 2 aliphatic rings. The lowest BCUT2D eigenvalue weighted by molar-refractivity contribution is 0.669. The first-order valence-electron chi connectivity index (χ1n) is 24.2. The highest BCUT2D eigenvalue weighted by atomic mass is 16.3. The molecule has 15 rings (SSSR count). The van der Waals surface area contributed by atoms with Gasteiger partial charge in [0.2, 0.25) is 0 Å². The molecule has 0 bridgehead atoms. The molecule has 2 aromatic heterocycles. The molecule has 13 aromatic rings. The van der Waals surface area contributed by atoms with E-state index in [1.54, 1.807) is 0 Å². The predicted molar refractivity (Wildman–Crippen MR) is 290 cm³/mol. The van der Waals surface area contributed by atoms with Gasteiger partial charge in [-0.15, -0.1) is 0 Å². The SMILES string of the molecule is c1ccc(-c2ccccc2-c2ccccc2N(c2ccc(-c3ccc4c(c3)oc3ccccc34)cc2)c2cccc3c2-c2ccccc2C32c3ccccc3-n3c4ccccc4c4cccc2c43)cc1. The molecule has 0 radical (unpaired) electrons. The second kappa shape index (κ2) is 14.9. The van der Waals surface area contributed by atoms with Gasteiger partial charge in [-0.25, -0.2) is 0 Å². The van der Waals surface area contributed by atoms with Crippen LogP contribution < -0.4 is 4.90 Å². The second-order valence-corrected chi connectivity index (χ2v) is 18.7. The number of aromatic nitrogens is 1. The fraction of sp³-hybridized carbons (Fsp3) is 0.0149. The number of furan rings is 1. The van der Waals surface area contributed by atoms with Crippen LogP contribution in [0.2, 0.25) is 0 Å². The van der Waals surface area contributed by atoms with Gasteiger partial charge in [-0.3, -0.25) is 0 Å². The molecular formula is C67H42N2O. The Kier molecular flexibility index (Phi) is 8.28. The minimum Gasteiger partial charge on any atom is -0.456 e. The monoisotopic (exact) mass is 890 g/mol. The second-order valence-electron chi connectivity index (χ2n) is 18.7. The van der Waals surface area contributed by atoms with Crippen LogP contribution in [0.5, 0.6) is 0 Å². The molecular weight excluding hydrogens is 849 g/mol. The first kappa shape index (κ1) is 38.9. The van der Waals surface area contributed by atoms with E-state index in [0.29, 0.717) is 0 Å². The number of benzene rings is 11. The lowest BCUT2D eigenvalue weighted by atomic mass is 9.65. The Morgan fingerprint density at radius 1 is 0.343 bits per heavy atom. The minimum absolute atomic E-state index is 0.591. The van der Waals surface area contributed by atoms with Gasteiger partial charge >= 0.3 is 0 Å². The Morgan fingerprint density at radius 2 is 0.943 bits per heavy atom. The Hall–Kier alpha value is -9.18. The minimum atomic E-state index is -0.591. The quantitative estimate of drug-likeness (QED) is 0.166. The number of fused-ring (bicyclic) bond motifs is 15. The zero-order valence-corrected chi connectivity index (χ0v) is 38.1. The van der Waals surface area contributed by atoms with E-state index < -0.39 is 5.41 Å². The van der Waals surface area contributed by atoms with Crippen molar-refractivity contribution in [3.8, 4) is 50.2 Å². The van der Waals surface area contributed by atoms with Crippen LogP contribution in [0.1, 0.15) is 22.3 Å². The zero-order valence-electron chi connectivity index (χ0n) is 38.1. The number of nitrogens with zero attached hydrogens (tertiary/aromatic N) is 2. The first-order chi connectivity index (χ1) is 34.8. The van der Waals surface area contributed by atoms with E-state index in [1.807, 2.05) is 12.1 Å². The van der Waals surface area contributed by atoms with Gasteiger partial charge in [-0.2, -0.15) is 0 Å². The third-order valence-corrected chi connectivity index (χ3v) is 15.2. The summed E-state index contributed by atoms with van der Waals surface area (Å²) in [6.45, 7) is 0. The third kappa shape index (κ3) is 5.34. The number of para-hydroxylation sites is 5. The van der Waals surface area contributed by atoms with Gasteiger partial charge in [0.1, 0.15) is 11.2 Å². The van der Waals surface area contributed by atoms with Gasteiger partial charge < -0.3 is 13.9 Å². The standard InChI is InChI=1S/C67H42N2O/c1-2-18-44(19-3-1)47-20-4-5-21-48(47)49-22-7-12-31-59(49)68(46-39-36-43(37-40-46)45-38-41-52-51-24-9-15-35-63(51)70-64(52)42-45)62-34-17-29-57-65(62)54-25-6-10-27-55(54)67(57)56-28-11-14-33-61(56)69-60-32-13-8-23-50(60)53-26-16-30-58(67)66(53)69/h1-42H. The summed E-state index contributed by atoms with van der Waals surface area (Å²) >= 11 is 0. The fourth-order valence-electron chi connectivity index (χ4n) is 12.4. The fourth-order valence-corrected chi connectivity index (χ4v) is 12.4. The number of hydrogen-bond donors (Lipinski definition) is 0. The largest absolute Gasteiger partial charge is 0.456 e. The van der Waals surface area contributed by atoms with Crippen molar-refractivity contribution in [2.24, 2.45) is 0 Å². The van der Waals surface area contributed by atoms with Crippen LogP contribution in [0, 0.1) is 0 Å². The van der Waals surface area contributed by atoms with Crippen molar-refractivity contribution in [1.82, 2.24) is 4.57 Å². The third-order valence-electron chi connectivity index (χ3n) is 15.2. The molecule has 1 aliphatic carbocycles. The zero-order chi connectivity index (χ0) is 45.9. The smallest absolute Gasteiger partial charge is 0.136 e. The molecule has 1 atom stereocenters. The Bertz CT molecular complexity index is 4250. The van der Waals surface area contributed by atoms with Crippen molar-refractivity contribution in [2.45, 2.75) is 5.41 Å². The topological polar surface area (TPSA) is 21.3 Å². The summed E-state index contributed by atoms with van der Waals surface area (Å²) in [7, 11) is 0. The van der Waals surface area contributed by atoms with Crippen LogP contribution in [0.25, 0.3) is 93.9 Å². The molecule has 0 saturated heterocycles. The highest BCUT2D eigenvalue weighted by Gasteiger charge is 2.51. The Morgan fingerprint density at radius 3 is 1.81 bits per heavy atom. The lowest BCUT2D eigenvalue weighted by Crippen LogP contribution is -2.33.